The smallest absolute Gasteiger partial charge is 0.251 e. The summed E-state index contributed by atoms with van der Waals surface area (Å²) in [6.07, 6.45) is 2.50. The number of carbonyl (C=O) groups excluding carboxylic acids is 1. The van der Waals surface area contributed by atoms with Gasteiger partial charge in [-0.1, -0.05) is 35.9 Å². The molecule has 1 saturated heterocycles. The molecule has 1 aliphatic heterocycles. The van der Waals surface area contributed by atoms with Crippen molar-refractivity contribution in [1.29, 1.82) is 0 Å². The number of carbonyl (C=O) groups is 1. The fourth-order valence-electron chi connectivity index (χ4n) is 3.81. The van der Waals surface area contributed by atoms with E-state index in [1.54, 1.807) is 6.20 Å². The number of anilines is 1. The first-order valence-electron chi connectivity index (χ1n) is 10.7. The number of amides is 1. The Balaban J connectivity index is 1.23. The van der Waals surface area contributed by atoms with Crippen LogP contribution in [-0.2, 0) is 13.0 Å². The fourth-order valence-corrected chi connectivity index (χ4v) is 3.99. The summed E-state index contributed by atoms with van der Waals surface area (Å²) in [5.41, 5.74) is 4.08. The van der Waals surface area contributed by atoms with Crippen molar-refractivity contribution in [1.82, 2.24) is 15.2 Å². The maximum absolute atomic E-state index is 12.4. The van der Waals surface area contributed by atoms with Gasteiger partial charge in [-0.3, -0.25) is 14.7 Å². The average molecular weight is 435 g/mol. The van der Waals surface area contributed by atoms with Gasteiger partial charge in [-0.15, -0.1) is 0 Å². The lowest BCUT2D eigenvalue weighted by molar-refractivity contribution is 0.0954. The van der Waals surface area contributed by atoms with Gasteiger partial charge in [0.15, 0.2) is 0 Å². The largest absolute Gasteiger partial charge is 0.369 e. The number of benzene rings is 2. The molecule has 2 aromatic carbocycles. The number of rotatable bonds is 7. The Morgan fingerprint density at radius 2 is 1.77 bits per heavy atom. The third kappa shape index (κ3) is 6.06. The van der Waals surface area contributed by atoms with Crippen LogP contribution in [0.4, 0.5) is 5.69 Å². The van der Waals surface area contributed by atoms with Crippen molar-refractivity contribution in [3.63, 3.8) is 0 Å². The predicted molar refractivity (Wildman–Crippen MR) is 126 cm³/mol. The molecule has 2 heterocycles. The first-order chi connectivity index (χ1) is 15.2. The molecule has 6 heteroatoms. The first kappa shape index (κ1) is 21.3. The highest BCUT2D eigenvalue weighted by Crippen LogP contribution is 2.21. The van der Waals surface area contributed by atoms with Crippen LogP contribution in [0.15, 0.2) is 72.9 Å². The number of nitrogens with zero attached hydrogens (tertiary/aromatic N) is 3. The van der Waals surface area contributed by atoms with Crippen molar-refractivity contribution < 1.29 is 4.79 Å². The van der Waals surface area contributed by atoms with Crippen LogP contribution in [0.5, 0.6) is 0 Å². The Morgan fingerprint density at radius 3 is 2.48 bits per heavy atom. The molecule has 0 aliphatic carbocycles. The standard InChI is InChI=1S/C25H27ClN4O/c26-22-4-3-6-24(18-22)30-16-14-29(15-17-30)19-20-7-9-21(10-8-20)25(31)28-13-11-23-5-1-2-12-27-23/h1-10,12,18H,11,13-17,19H2,(H,28,31). The van der Waals surface area contributed by atoms with Crippen LogP contribution in [-0.4, -0.2) is 48.5 Å². The summed E-state index contributed by atoms with van der Waals surface area (Å²) in [4.78, 5) is 21.5. The van der Waals surface area contributed by atoms with Crippen molar-refractivity contribution in [2.45, 2.75) is 13.0 Å². The highest BCUT2D eigenvalue weighted by atomic mass is 35.5. The minimum absolute atomic E-state index is 0.0439. The highest BCUT2D eigenvalue weighted by Gasteiger charge is 2.17. The molecule has 1 fully saturated rings. The van der Waals surface area contributed by atoms with Crippen molar-refractivity contribution in [2.24, 2.45) is 0 Å². The number of hydrogen-bond acceptors (Lipinski definition) is 4. The molecule has 1 amide bonds. The minimum Gasteiger partial charge on any atom is -0.369 e. The predicted octanol–water partition coefficient (Wildman–Crippen LogP) is 4.03. The summed E-state index contributed by atoms with van der Waals surface area (Å²) in [6.45, 7) is 5.44. The van der Waals surface area contributed by atoms with Crippen molar-refractivity contribution in [2.75, 3.05) is 37.6 Å². The second kappa shape index (κ2) is 10.4. The third-order valence-electron chi connectivity index (χ3n) is 5.56. The minimum atomic E-state index is -0.0439. The lowest BCUT2D eigenvalue weighted by Crippen LogP contribution is -2.45. The van der Waals surface area contributed by atoms with E-state index in [9.17, 15) is 4.79 Å². The van der Waals surface area contributed by atoms with E-state index in [2.05, 4.69) is 38.3 Å². The molecule has 3 aromatic rings. The molecular weight excluding hydrogens is 408 g/mol. The maximum atomic E-state index is 12.4. The lowest BCUT2D eigenvalue weighted by Gasteiger charge is -2.36. The normalized spacial score (nSPS) is 14.4. The van der Waals surface area contributed by atoms with E-state index in [0.29, 0.717) is 12.1 Å². The Kier molecular flexibility index (Phi) is 7.18. The van der Waals surface area contributed by atoms with Gasteiger partial charge in [0.25, 0.3) is 5.91 Å². The zero-order chi connectivity index (χ0) is 21.5. The van der Waals surface area contributed by atoms with Crippen LogP contribution in [0, 0.1) is 0 Å². The molecule has 0 unspecified atom stereocenters. The number of pyridine rings is 1. The SMILES string of the molecule is O=C(NCCc1ccccn1)c1ccc(CN2CCN(c3cccc(Cl)c3)CC2)cc1. The quantitative estimate of drug-likeness (QED) is 0.610. The third-order valence-corrected chi connectivity index (χ3v) is 5.80. The maximum Gasteiger partial charge on any atom is 0.251 e. The first-order valence-corrected chi connectivity index (χ1v) is 11.0. The summed E-state index contributed by atoms with van der Waals surface area (Å²) in [6, 6.07) is 21.8. The topological polar surface area (TPSA) is 48.5 Å². The summed E-state index contributed by atoms with van der Waals surface area (Å²) in [5.74, 6) is -0.0439. The molecule has 0 bridgehead atoms. The van der Waals surface area contributed by atoms with Crippen LogP contribution in [0.3, 0.4) is 0 Å². The van der Waals surface area contributed by atoms with Gasteiger partial charge in [0, 0.05) is 73.9 Å². The number of nitrogens with one attached hydrogen (secondary N) is 1. The van der Waals surface area contributed by atoms with Gasteiger partial charge in [-0.05, 0) is 48.0 Å². The summed E-state index contributed by atoms with van der Waals surface area (Å²) in [7, 11) is 0. The molecule has 160 valence electrons. The van der Waals surface area contributed by atoms with Crippen LogP contribution >= 0.6 is 11.6 Å². The molecule has 0 atom stereocenters. The van der Waals surface area contributed by atoms with E-state index in [4.69, 9.17) is 11.6 Å². The van der Waals surface area contributed by atoms with E-state index < -0.39 is 0 Å². The molecule has 0 radical (unpaired) electrons. The Bertz CT molecular complexity index is 986. The summed E-state index contributed by atoms with van der Waals surface area (Å²) in [5, 5.41) is 3.75. The molecule has 31 heavy (non-hydrogen) atoms. The van der Waals surface area contributed by atoms with E-state index >= 15 is 0 Å². The second-order valence-corrected chi connectivity index (χ2v) is 8.20. The molecule has 1 aromatic heterocycles. The highest BCUT2D eigenvalue weighted by molar-refractivity contribution is 6.30. The lowest BCUT2D eigenvalue weighted by atomic mass is 10.1. The average Bonchev–Trinajstić information content (AvgIpc) is 2.81. The van der Waals surface area contributed by atoms with E-state index in [0.717, 1.165) is 49.9 Å². The van der Waals surface area contributed by atoms with E-state index in [-0.39, 0.29) is 5.91 Å². The fraction of sp³-hybridized carbons (Fsp3) is 0.280. The molecule has 5 nitrogen and oxygen atoms in total. The molecule has 1 N–H and O–H groups in total. The number of piperazine rings is 1. The van der Waals surface area contributed by atoms with Crippen molar-refractivity contribution in [3.05, 3.63) is 94.8 Å². The Morgan fingerprint density at radius 1 is 0.968 bits per heavy atom. The Labute approximate surface area is 188 Å². The van der Waals surface area contributed by atoms with Gasteiger partial charge in [-0.2, -0.15) is 0 Å². The molecule has 0 spiro atoms. The molecule has 0 saturated carbocycles. The monoisotopic (exact) mass is 434 g/mol. The van der Waals surface area contributed by atoms with Crippen molar-refractivity contribution >= 4 is 23.2 Å². The Hall–Kier alpha value is -2.89. The number of aromatic nitrogens is 1. The molecule has 1 aliphatic rings. The van der Waals surface area contributed by atoms with Gasteiger partial charge in [0.05, 0.1) is 0 Å². The molecule has 4 rings (SSSR count). The zero-order valence-corrected chi connectivity index (χ0v) is 18.3. The van der Waals surface area contributed by atoms with E-state index in [1.165, 1.54) is 11.3 Å². The van der Waals surface area contributed by atoms with Gasteiger partial charge in [0.2, 0.25) is 0 Å². The summed E-state index contributed by atoms with van der Waals surface area (Å²) < 4.78 is 0. The molecular formula is C25H27ClN4O. The van der Waals surface area contributed by atoms with Crippen molar-refractivity contribution in [3.8, 4) is 0 Å². The van der Waals surface area contributed by atoms with Gasteiger partial charge in [-0.25, -0.2) is 0 Å². The number of halogens is 1. The van der Waals surface area contributed by atoms with Crippen LogP contribution < -0.4 is 10.2 Å². The van der Waals surface area contributed by atoms with Gasteiger partial charge < -0.3 is 10.2 Å². The summed E-state index contributed by atoms with van der Waals surface area (Å²) >= 11 is 6.12. The number of hydrogen-bond donors (Lipinski definition) is 1. The van der Waals surface area contributed by atoms with Crippen LogP contribution in [0.2, 0.25) is 5.02 Å². The van der Waals surface area contributed by atoms with Crippen LogP contribution in [0.25, 0.3) is 0 Å². The van der Waals surface area contributed by atoms with Gasteiger partial charge >= 0.3 is 0 Å². The zero-order valence-electron chi connectivity index (χ0n) is 17.5. The second-order valence-electron chi connectivity index (χ2n) is 7.77. The van der Waals surface area contributed by atoms with E-state index in [1.807, 2.05) is 48.5 Å². The van der Waals surface area contributed by atoms with Gasteiger partial charge in [0.1, 0.15) is 0 Å². The van der Waals surface area contributed by atoms with Crippen LogP contribution in [0.1, 0.15) is 21.6 Å².